The van der Waals surface area contributed by atoms with Crippen molar-refractivity contribution in [2.45, 2.75) is 0 Å². The van der Waals surface area contributed by atoms with Crippen molar-refractivity contribution >= 4 is 40.4 Å². The van der Waals surface area contributed by atoms with Gasteiger partial charge < -0.3 is 10.6 Å². The van der Waals surface area contributed by atoms with E-state index in [1.165, 1.54) is 11.3 Å². The van der Waals surface area contributed by atoms with Crippen LogP contribution in [0.25, 0.3) is 10.4 Å². The summed E-state index contributed by atoms with van der Waals surface area (Å²) in [5.41, 5.74) is 0.969. The maximum absolute atomic E-state index is 12.1. The molecule has 0 radical (unpaired) electrons. The summed E-state index contributed by atoms with van der Waals surface area (Å²) in [7, 11) is 0. The predicted octanol–water partition coefficient (Wildman–Crippen LogP) is 3.67. The standard InChI is InChI=1S/C15H14Cl2N2OS/c16-11-2-1-10(5-12(11)17)13-3-4-14(21-13)15(20)19-8-9-6-18-7-9/h1-5,9,18H,6-8H2,(H,19,20). The molecule has 0 aliphatic carbocycles. The first-order valence-corrected chi connectivity index (χ1v) is 8.25. The average Bonchev–Trinajstić information content (AvgIpc) is 2.89. The molecular weight excluding hydrogens is 327 g/mol. The van der Waals surface area contributed by atoms with E-state index < -0.39 is 0 Å². The fourth-order valence-electron chi connectivity index (χ4n) is 2.08. The van der Waals surface area contributed by atoms with E-state index in [2.05, 4.69) is 10.6 Å². The van der Waals surface area contributed by atoms with Gasteiger partial charge in [-0.05, 0) is 29.8 Å². The zero-order valence-electron chi connectivity index (χ0n) is 11.2. The van der Waals surface area contributed by atoms with Crippen LogP contribution in [0.4, 0.5) is 0 Å². The lowest BCUT2D eigenvalue weighted by atomic mass is 10.0. The number of carbonyl (C=O) groups excluding carboxylic acids is 1. The van der Waals surface area contributed by atoms with Gasteiger partial charge in [0.05, 0.1) is 14.9 Å². The van der Waals surface area contributed by atoms with Crippen LogP contribution in [0.5, 0.6) is 0 Å². The van der Waals surface area contributed by atoms with E-state index in [0.717, 1.165) is 30.1 Å². The number of benzene rings is 1. The molecule has 110 valence electrons. The fourth-order valence-corrected chi connectivity index (χ4v) is 3.30. The molecule has 2 heterocycles. The van der Waals surface area contributed by atoms with E-state index in [9.17, 15) is 4.79 Å². The zero-order chi connectivity index (χ0) is 14.8. The van der Waals surface area contributed by atoms with Crippen LogP contribution < -0.4 is 10.6 Å². The highest BCUT2D eigenvalue weighted by Gasteiger charge is 2.18. The first-order chi connectivity index (χ1) is 10.1. The molecule has 1 amide bonds. The van der Waals surface area contributed by atoms with Crippen LogP contribution in [0, 0.1) is 5.92 Å². The summed E-state index contributed by atoms with van der Waals surface area (Å²) < 4.78 is 0. The quantitative estimate of drug-likeness (QED) is 0.891. The SMILES string of the molecule is O=C(NCC1CNC1)c1ccc(-c2ccc(Cl)c(Cl)c2)s1. The second-order valence-corrected chi connectivity index (χ2v) is 6.93. The van der Waals surface area contributed by atoms with Crippen LogP contribution in [0.2, 0.25) is 10.0 Å². The fraction of sp³-hybridized carbons (Fsp3) is 0.267. The third-order valence-corrected chi connectivity index (χ3v) is 5.32. The third kappa shape index (κ3) is 3.40. The number of rotatable bonds is 4. The van der Waals surface area contributed by atoms with Crippen molar-refractivity contribution < 1.29 is 4.79 Å². The monoisotopic (exact) mass is 340 g/mol. The minimum absolute atomic E-state index is 0.0155. The summed E-state index contributed by atoms with van der Waals surface area (Å²) in [6.45, 7) is 2.70. The Bertz CT molecular complexity index is 667. The van der Waals surface area contributed by atoms with Gasteiger partial charge in [0, 0.05) is 30.4 Å². The van der Waals surface area contributed by atoms with Crippen molar-refractivity contribution in [2.24, 2.45) is 5.92 Å². The smallest absolute Gasteiger partial charge is 0.261 e. The van der Waals surface area contributed by atoms with E-state index in [0.29, 0.717) is 20.8 Å². The molecule has 0 bridgehead atoms. The van der Waals surface area contributed by atoms with Gasteiger partial charge in [-0.1, -0.05) is 29.3 Å². The number of hydrogen-bond donors (Lipinski definition) is 2. The summed E-state index contributed by atoms with van der Waals surface area (Å²) >= 11 is 13.4. The Morgan fingerprint density at radius 3 is 2.71 bits per heavy atom. The van der Waals surface area contributed by atoms with Gasteiger partial charge in [-0.3, -0.25) is 4.79 Å². The normalized spacial score (nSPS) is 14.8. The number of nitrogens with one attached hydrogen (secondary N) is 2. The van der Waals surface area contributed by atoms with Crippen molar-refractivity contribution in [3.05, 3.63) is 45.3 Å². The third-order valence-electron chi connectivity index (χ3n) is 3.45. The molecule has 1 aromatic carbocycles. The number of halogens is 2. The van der Waals surface area contributed by atoms with E-state index in [4.69, 9.17) is 23.2 Å². The molecule has 21 heavy (non-hydrogen) atoms. The number of amides is 1. The van der Waals surface area contributed by atoms with Crippen molar-refractivity contribution in [1.29, 1.82) is 0 Å². The summed E-state index contributed by atoms with van der Waals surface area (Å²) in [5, 5.41) is 7.21. The average molecular weight is 341 g/mol. The molecule has 0 atom stereocenters. The second kappa shape index (κ2) is 6.36. The van der Waals surface area contributed by atoms with Gasteiger partial charge in [0.15, 0.2) is 0 Å². The Hall–Kier alpha value is -1.07. The van der Waals surface area contributed by atoms with Gasteiger partial charge in [-0.15, -0.1) is 11.3 Å². The first kappa shape index (κ1) is 14.9. The largest absolute Gasteiger partial charge is 0.351 e. The van der Waals surface area contributed by atoms with Crippen LogP contribution in [-0.4, -0.2) is 25.5 Å². The Kier molecular flexibility index (Phi) is 4.50. The Labute approximate surface area is 137 Å². The van der Waals surface area contributed by atoms with Gasteiger partial charge in [-0.25, -0.2) is 0 Å². The van der Waals surface area contributed by atoms with E-state index in [1.807, 2.05) is 24.3 Å². The van der Waals surface area contributed by atoms with Crippen LogP contribution in [-0.2, 0) is 0 Å². The lowest BCUT2D eigenvalue weighted by Crippen LogP contribution is -2.48. The van der Waals surface area contributed by atoms with Crippen molar-refractivity contribution in [1.82, 2.24) is 10.6 Å². The molecule has 6 heteroatoms. The Morgan fingerprint density at radius 1 is 1.24 bits per heavy atom. The molecule has 1 aromatic heterocycles. The first-order valence-electron chi connectivity index (χ1n) is 6.67. The van der Waals surface area contributed by atoms with E-state index >= 15 is 0 Å². The molecule has 1 aliphatic rings. The molecule has 1 aliphatic heterocycles. The summed E-state index contributed by atoms with van der Waals surface area (Å²) in [6.07, 6.45) is 0. The van der Waals surface area contributed by atoms with Crippen molar-refractivity contribution in [2.75, 3.05) is 19.6 Å². The molecule has 3 nitrogen and oxygen atoms in total. The topological polar surface area (TPSA) is 41.1 Å². The molecule has 2 aromatic rings. The van der Waals surface area contributed by atoms with Gasteiger partial charge >= 0.3 is 0 Å². The van der Waals surface area contributed by atoms with Crippen molar-refractivity contribution in [3.63, 3.8) is 0 Å². The number of carbonyl (C=O) groups is 1. The molecular formula is C15H14Cl2N2OS. The van der Waals surface area contributed by atoms with Crippen LogP contribution in [0.15, 0.2) is 30.3 Å². The highest BCUT2D eigenvalue weighted by molar-refractivity contribution is 7.17. The van der Waals surface area contributed by atoms with E-state index in [-0.39, 0.29) is 5.91 Å². The van der Waals surface area contributed by atoms with Gasteiger partial charge in [0.1, 0.15) is 0 Å². The molecule has 0 spiro atoms. The van der Waals surface area contributed by atoms with Crippen LogP contribution in [0.1, 0.15) is 9.67 Å². The zero-order valence-corrected chi connectivity index (χ0v) is 13.5. The highest BCUT2D eigenvalue weighted by atomic mass is 35.5. The Balaban J connectivity index is 1.69. The maximum atomic E-state index is 12.1. The van der Waals surface area contributed by atoms with Gasteiger partial charge in [-0.2, -0.15) is 0 Å². The highest BCUT2D eigenvalue weighted by Crippen LogP contribution is 2.32. The second-order valence-electron chi connectivity index (χ2n) is 5.03. The van der Waals surface area contributed by atoms with Gasteiger partial charge in [0.25, 0.3) is 5.91 Å². The summed E-state index contributed by atoms with van der Waals surface area (Å²) in [6, 6.07) is 9.27. The minimum Gasteiger partial charge on any atom is -0.351 e. The van der Waals surface area contributed by atoms with Crippen LogP contribution in [0.3, 0.4) is 0 Å². The van der Waals surface area contributed by atoms with Gasteiger partial charge in [0.2, 0.25) is 0 Å². The molecule has 0 unspecified atom stereocenters. The van der Waals surface area contributed by atoms with E-state index in [1.54, 1.807) is 6.07 Å². The Morgan fingerprint density at radius 2 is 2.05 bits per heavy atom. The molecule has 0 saturated carbocycles. The molecule has 1 fully saturated rings. The molecule has 1 saturated heterocycles. The van der Waals surface area contributed by atoms with Crippen molar-refractivity contribution in [3.8, 4) is 10.4 Å². The predicted molar refractivity (Wildman–Crippen MR) is 88.5 cm³/mol. The maximum Gasteiger partial charge on any atom is 0.261 e. The number of thiophene rings is 1. The summed E-state index contributed by atoms with van der Waals surface area (Å²) in [5.74, 6) is 0.543. The lowest BCUT2D eigenvalue weighted by molar-refractivity contribution is 0.0946. The number of hydrogen-bond acceptors (Lipinski definition) is 3. The minimum atomic E-state index is -0.0155. The summed E-state index contributed by atoms with van der Waals surface area (Å²) in [4.78, 5) is 13.8. The molecule has 2 N–H and O–H groups in total. The van der Waals surface area contributed by atoms with Crippen LogP contribution >= 0.6 is 34.5 Å². The lowest BCUT2D eigenvalue weighted by Gasteiger charge is -2.26. The molecule has 3 rings (SSSR count).